The highest BCUT2D eigenvalue weighted by molar-refractivity contribution is 4.88. The molecule has 0 aromatic heterocycles. The van der Waals surface area contributed by atoms with Crippen molar-refractivity contribution in [1.29, 1.82) is 0 Å². The van der Waals surface area contributed by atoms with Crippen LogP contribution in [0.1, 0.15) is 33.1 Å². The van der Waals surface area contributed by atoms with Gasteiger partial charge in [-0.3, -0.25) is 0 Å². The van der Waals surface area contributed by atoms with Gasteiger partial charge in [0.1, 0.15) is 0 Å². The minimum Gasteiger partial charge on any atom is -0.381 e. The van der Waals surface area contributed by atoms with Crippen LogP contribution in [-0.2, 0) is 4.74 Å². The van der Waals surface area contributed by atoms with Gasteiger partial charge in [-0.1, -0.05) is 13.8 Å². The molecule has 2 aliphatic heterocycles. The van der Waals surface area contributed by atoms with Crippen LogP contribution in [0.5, 0.6) is 0 Å². The molecule has 1 N–H and O–H groups in total. The molecule has 124 valence electrons. The molecule has 2 heterocycles. The maximum absolute atomic E-state index is 5.63. The Morgan fingerprint density at radius 2 is 1.86 bits per heavy atom. The Bertz CT molecular complexity index is 290. The maximum atomic E-state index is 5.63. The van der Waals surface area contributed by atoms with E-state index in [1.807, 2.05) is 0 Å². The lowest BCUT2D eigenvalue weighted by atomic mass is 9.79. The van der Waals surface area contributed by atoms with Crippen molar-refractivity contribution in [3.8, 4) is 0 Å². The Balaban J connectivity index is 1.88. The van der Waals surface area contributed by atoms with Gasteiger partial charge in [0.25, 0.3) is 0 Å². The normalized spacial score (nSPS) is 25.1. The van der Waals surface area contributed by atoms with Crippen molar-refractivity contribution in [3.05, 3.63) is 0 Å². The van der Waals surface area contributed by atoms with Crippen molar-refractivity contribution >= 4 is 0 Å². The maximum Gasteiger partial charge on any atom is 0.0472 e. The van der Waals surface area contributed by atoms with Crippen molar-refractivity contribution in [2.24, 2.45) is 11.3 Å². The van der Waals surface area contributed by atoms with E-state index in [1.54, 1.807) is 0 Å². The Kier molecular flexibility index (Phi) is 6.93. The van der Waals surface area contributed by atoms with E-state index in [2.05, 4.69) is 36.0 Å². The van der Waals surface area contributed by atoms with Crippen LogP contribution in [0.15, 0.2) is 0 Å². The SMILES string of the molecule is CC(C)CNCC1(CN2CCCN(C)CC2)CCOCC1. The molecule has 2 aliphatic rings. The number of nitrogens with one attached hydrogen (secondary N) is 1. The summed E-state index contributed by atoms with van der Waals surface area (Å²) in [6, 6.07) is 0. The van der Waals surface area contributed by atoms with Gasteiger partial charge in [0.15, 0.2) is 0 Å². The fourth-order valence-electron chi connectivity index (χ4n) is 3.55. The van der Waals surface area contributed by atoms with E-state index in [9.17, 15) is 0 Å². The summed E-state index contributed by atoms with van der Waals surface area (Å²) in [5.74, 6) is 0.730. The molecule has 0 atom stereocenters. The fourth-order valence-corrected chi connectivity index (χ4v) is 3.55. The summed E-state index contributed by atoms with van der Waals surface area (Å²) in [6.45, 7) is 14.9. The molecule has 0 spiro atoms. The van der Waals surface area contributed by atoms with Crippen LogP contribution >= 0.6 is 0 Å². The molecule has 0 unspecified atom stereocenters. The van der Waals surface area contributed by atoms with E-state index in [1.165, 1.54) is 52.0 Å². The molecule has 0 radical (unpaired) electrons. The Hall–Kier alpha value is -0.160. The van der Waals surface area contributed by atoms with Gasteiger partial charge in [0.05, 0.1) is 0 Å². The zero-order valence-electron chi connectivity index (χ0n) is 14.4. The number of ether oxygens (including phenoxy) is 1. The molecule has 4 heteroatoms. The third-order valence-electron chi connectivity index (χ3n) is 4.98. The number of hydrogen-bond donors (Lipinski definition) is 1. The highest BCUT2D eigenvalue weighted by Crippen LogP contribution is 2.31. The molecule has 2 rings (SSSR count). The predicted octanol–water partition coefficient (Wildman–Crippen LogP) is 1.67. The summed E-state index contributed by atoms with van der Waals surface area (Å²) in [5, 5.41) is 3.72. The van der Waals surface area contributed by atoms with E-state index in [0.29, 0.717) is 5.41 Å². The van der Waals surface area contributed by atoms with Crippen LogP contribution in [0.2, 0.25) is 0 Å². The Morgan fingerprint density at radius 3 is 2.57 bits per heavy atom. The van der Waals surface area contributed by atoms with Crippen molar-refractivity contribution in [1.82, 2.24) is 15.1 Å². The second kappa shape index (κ2) is 8.47. The molecule has 2 saturated heterocycles. The molecule has 0 aliphatic carbocycles. The lowest BCUT2D eigenvalue weighted by Gasteiger charge is -2.41. The number of rotatable bonds is 6. The van der Waals surface area contributed by atoms with Gasteiger partial charge >= 0.3 is 0 Å². The van der Waals surface area contributed by atoms with Gasteiger partial charge in [0.2, 0.25) is 0 Å². The van der Waals surface area contributed by atoms with E-state index >= 15 is 0 Å². The highest BCUT2D eigenvalue weighted by atomic mass is 16.5. The van der Waals surface area contributed by atoms with Crippen molar-refractivity contribution < 1.29 is 4.74 Å². The van der Waals surface area contributed by atoms with Crippen LogP contribution in [0.25, 0.3) is 0 Å². The van der Waals surface area contributed by atoms with Gasteiger partial charge in [-0.2, -0.15) is 0 Å². The van der Waals surface area contributed by atoms with Gasteiger partial charge in [-0.05, 0) is 57.3 Å². The molecule has 4 nitrogen and oxygen atoms in total. The smallest absolute Gasteiger partial charge is 0.0472 e. The van der Waals surface area contributed by atoms with E-state index in [0.717, 1.165) is 32.2 Å². The number of likely N-dealkylation sites (N-methyl/N-ethyl adjacent to an activating group) is 1. The summed E-state index contributed by atoms with van der Waals surface area (Å²) in [4.78, 5) is 5.17. The van der Waals surface area contributed by atoms with Gasteiger partial charge in [-0.25, -0.2) is 0 Å². The standard InChI is InChI=1S/C17H35N3O/c1-16(2)13-18-14-17(5-11-21-12-6-17)15-20-8-4-7-19(3)9-10-20/h16,18H,4-15H2,1-3H3. The predicted molar refractivity (Wildman–Crippen MR) is 88.7 cm³/mol. The molecule has 0 amide bonds. The largest absolute Gasteiger partial charge is 0.381 e. The van der Waals surface area contributed by atoms with E-state index < -0.39 is 0 Å². The molecule has 0 bridgehead atoms. The number of hydrogen-bond acceptors (Lipinski definition) is 4. The van der Waals surface area contributed by atoms with Crippen LogP contribution in [-0.4, -0.2) is 75.9 Å². The zero-order valence-corrected chi connectivity index (χ0v) is 14.4. The number of nitrogens with zero attached hydrogens (tertiary/aromatic N) is 2. The van der Waals surface area contributed by atoms with Gasteiger partial charge < -0.3 is 19.9 Å². The highest BCUT2D eigenvalue weighted by Gasteiger charge is 2.34. The first-order valence-electron chi connectivity index (χ1n) is 8.79. The third-order valence-corrected chi connectivity index (χ3v) is 4.98. The third kappa shape index (κ3) is 5.85. The molecular weight excluding hydrogens is 262 g/mol. The average Bonchev–Trinajstić information content (AvgIpc) is 2.64. The average molecular weight is 297 g/mol. The first-order chi connectivity index (χ1) is 10.1. The Morgan fingerprint density at radius 1 is 1.10 bits per heavy atom. The summed E-state index contributed by atoms with van der Waals surface area (Å²) in [6.07, 6.45) is 3.73. The monoisotopic (exact) mass is 297 g/mol. The first-order valence-corrected chi connectivity index (χ1v) is 8.79. The Labute approximate surface area is 131 Å². The van der Waals surface area contributed by atoms with Crippen LogP contribution in [0, 0.1) is 11.3 Å². The second-order valence-corrected chi connectivity index (χ2v) is 7.57. The van der Waals surface area contributed by atoms with Gasteiger partial charge in [0, 0.05) is 39.4 Å². The van der Waals surface area contributed by atoms with Crippen molar-refractivity contribution in [2.45, 2.75) is 33.1 Å². The summed E-state index contributed by atoms with van der Waals surface area (Å²) in [7, 11) is 2.25. The van der Waals surface area contributed by atoms with Crippen molar-refractivity contribution in [2.75, 3.05) is 66.1 Å². The minimum atomic E-state index is 0.427. The fraction of sp³-hybridized carbons (Fsp3) is 1.00. The first kappa shape index (κ1) is 17.2. The van der Waals surface area contributed by atoms with Crippen molar-refractivity contribution in [3.63, 3.8) is 0 Å². The second-order valence-electron chi connectivity index (χ2n) is 7.57. The minimum absolute atomic E-state index is 0.427. The lowest BCUT2D eigenvalue weighted by Crippen LogP contribution is -2.48. The van der Waals surface area contributed by atoms with E-state index in [4.69, 9.17) is 4.74 Å². The summed E-state index contributed by atoms with van der Waals surface area (Å²) in [5.41, 5.74) is 0.427. The molecular formula is C17H35N3O. The molecule has 21 heavy (non-hydrogen) atoms. The van der Waals surface area contributed by atoms with Crippen LogP contribution in [0.4, 0.5) is 0 Å². The molecule has 0 saturated carbocycles. The van der Waals surface area contributed by atoms with Crippen LogP contribution < -0.4 is 5.32 Å². The topological polar surface area (TPSA) is 27.7 Å². The molecule has 2 fully saturated rings. The summed E-state index contributed by atoms with van der Waals surface area (Å²) < 4.78 is 5.63. The van der Waals surface area contributed by atoms with Gasteiger partial charge in [-0.15, -0.1) is 0 Å². The lowest BCUT2D eigenvalue weighted by molar-refractivity contribution is -0.00395. The quantitative estimate of drug-likeness (QED) is 0.807. The zero-order chi connectivity index (χ0) is 15.1. The summed E-state index contributed by atoms with van der Waals surface area (Å²) >= 11 is 0. The van der Waals surface area contributed by atoms with E-state index in [-0.39, 0.29) is 0 Å². The molecule has 0 aromatic rings. The van der Waals surface area contributed by atoms with Crippen LogP contribution in [0.3, 0.4) is 0 Å². The molecule has 0 aromatic carbocycles.